The molecule has 0 spiro atoms. The number of unbranched alkanes of at least 4 members (excludes halogenated alkanes) is 1. The Morgan fingerprint density at radius 1 is 0.816 bits per heavy atom. The highest BCUT2D eigenvalue weighted by Gasteiger charge is 2.52. The third-order valence-corrected chi connectivity index (χ3v) is 20.0. The van der Waals surface area contributed by atoms with Crippen molar-refractivity contribution in [2.45, 2.75) is 116 Å². The average molecular weight is 697 g/mol. The molecule has 0 saturated carbocycles. The Hall–Kier alpha value is -2.88. The van der Waals surface area contributed by atoms with Gasteiger partial charge in [-0.1, -0.05) is 146 Å². The number of hydrogen-bond acceptors (Lipinski definition) is 4. The fraction of sp³-hybridized carbons (Fsp3) is 0.465. The number of allylic oxidation sites excluding steroid dienone is 2. The lowest BCUT2D eigenvalue weighted by atomic mass is 9.89. The van der Waals surface area contributed by atoms with Crippen molar-refractivity contribution in [1.29, 1.82) is 0 Å². The molecule has 0 fully saturated rings. The van der Waals surface area contributed by atoms with E-state index in [1.54, 1.807) is 0 Å². The van der Waals surface area contributed by atoms with Gasteiger partial charge in [0.05, 0.1) is 18.8 Å². The van der Waals surface area contributed by atoms with Crippen LogP contribution in [0.2, 0.25) is 23.2 Å². The molecule has 3 aromatic carbocycles. The van der Waals surface area contributed by atoms with E-state index in [9.17, 15) is 4.79 Å². The fourth-order valence-electron chi connectivity index (χ4n) is 6.49. The normalized spacial score (nSPS) is 19.0. The zero-order chi connectivity index (χ0) is 35.7. The summed E-state index contributed by atoms with van der Waals surface area (Å²) in [4.78, 5) is 12.7. The van der Waals surface area contributed by atoms with Crippen LogP contribution in [0.1, 0.15) is 79.7 Å². The molecular formula is C43H60O4Si2. The van der Waals surface area contributed by atoms with E-state index in [1.165, 1.54) is 10.4 Å². The van der Waals surface area contributed by atoms with Crippen LogP contribution in [0.4, 0.5) is 0 Å². The number of rotatable bonds is 15. The van der Waals surface area contributed by atoms with Gasteiger partial charge in [0, 0.05) is 18.6 Å². The van der Waals surface area contributed by atoms with Crippen LogP contribution in [0, 0.1) is 5.92 Å². The molecule has 6 heteroatoms. The van der Waals surface area contributed by atoms with Crippen molar-refractivity contribution in [3.8, 4) is 0 Å². The van der Waals surface area contributed by atoms with Crippen molar-refractivity contribution >= 4 is 33.3 Å². The summed E-state index contributed by atoms with van der Waals surface area (Å²) in [5.41, 5.74) is 2.90. The third-order valence-electron chi connectivity index (χ3n) is 10.5. The highest BCUT2D eigenvalue weighted by Crippen LogP contribution is 2.40. The first-order valence-electron chi connectivity index (χ1n) is 18.1. The van der Waals surface area contributed by atoms with Gasteiger partial charge in [0.15, 0.2) is 8.32 Å². The van der Waals surface area contributed by atoms with Gasteiger partial charge in [-0.05, 0) is 75.9 Å². The van der Waals surface area contributed by atoms with Gasteiger partial charge in [-0.2, -0.15) is 0 Å². The molecule has 0 amide bonds. The Balaban J connectivity index is 1.62. The molecule has 0 N–H and O–H groups in total. The smallest absolute Gasteiger partial charge is 0.262 e. The largest absolute Gasteiger partial charge is 0.417 e. The summed E-state index contributed by atoms with van der Waals surface area (Å²) in [6.07, 6.45) is 8.37. The molecular weight excluding hydrogens is 637 g/mol. The molecule has 49 heavy (non-hydrogen) atoms. The summed E-state index contributed by atoms with van der Waals surface area (Å²) in [6.45, 7) is 22.0. The number of ether oxygens (including phenoxy) is 1. The van der Waals surface area contributed by atoms with E-state index in [-0.39, 0.29) is 22.3 Å². The zero-order valence-corrected chi connectivity index (χ0v) is 33.5. The molecule has 1 aliphatic carbocycles. The lowest BCUT2D eigenvalue weighted by molar-refractivity contribution is -0.105. The molecule has 0 bridgehead atoms. The number of benzene rings is 3. The van der Waals surface area contributed by atoms with Gasteiger partial charge < -0.3 is 13.6 Å². The SMILES string of the molecule is C[C@H](CCC/C=C1\C[C@@H](OCc2ccccc2)[C@@H](O[Si](c2ccccc2)(c2ccccc2)C(C)(C)C)C=C1C=O)CO[Si](C)(C)C(C)(C)C. The Kier molecular flexibility index (Phi) is 13.4. The standard InChI is InChI=1S/C43H60O4Si2/c1-34(32-46-48(8,9)42(2,3)4)21-19-20-24-36-29-40(45-33-35-22-13-10-14-23-35)41(30-37(36)31-44)47-49(43(5,6)7,38-25-15-11-16-26-38)39-27-17-12-18-28-39/h10-18,22-28,30-31,34,40-41H,19-21,29,32-33H2,1-9H3/b36-24+/t34-,40-,41+/m1/s1. The molecule has 4 nitrogen and oxygen atoms in total. The van der Waals surface area contributed by atoms with Gasteiger partial charge in [0.25, 0.3) is 8.32 Å². The zero-order valence-electron chi connectivity index (χ0n) is 31.5. The summed E-state index contributed by atoms with van der Waals surface area (Å²) < 4.78 is 20.8. The first kappa shape index (κ1) is 38.9. The maximum Gasteiger partial charge on any atom is 0.262 e. The number of carbonyl (C=O) groups is 1. The van der Waals surface area contributed by atoms with Crippen LogP contribution in [0.5, 0.6) is 0 Å². The summed E-state index contributed by atoms with van der Waals surface area (Å²) in [7, 11) is -4.65. The van der Waals surface area contributed by atoms with Crippen LogP contribution < -0.4 is 10.4 Å². The van der Waals surface area contributed by atoms with E-state index in [2.05, 4.69) is 140 Å². The molecule has 0 unspecified atom stereocenters. The number of aldehydes is 1. The number of carbonyl (C=O) groups excluding carboxylic acids is 1. The van der Waals surface area contributed by atoms with E-state index in [4.69, 9.17) is 13.6 Å². The van der Waals surface area contributed by atoms with Crippen LogP contribution in [0.15, 0.2) is 114 Å². The summed E-state index contributed by atoms with van der Waals surface area (Å²) in [5, 5.41) is 2.44. The van der Waals surface area contributed by atoms with E-state index in [0.29, 0.717) is 18.9 Å². The van der Waals surface area contributed by atoms with Gasteiger partial charge in [0.2, 0.25) is 0 Å². The van der Waals surface area contributed by atoms with Crippen molar-refractivity contribution in [3.63, 3.8) is 0 Å². The van der Waals surface area contributed by atoms with E-state index >= 15 is 0 Å². The summed E-state index contributed by atoms with van der Waals surface area (Å²) in [5.74, 6) is 0.492. The van der Waals surface area contributed by atoms with Crippen LogP contribution in [0.25, 0.3) is 0 Å². The highest BCUT2D eigenvalue weighted by atomic mass is 28.4. The van der Waals surface area contributed by atoms with E-state index in [1.807, 2.05) is 24.3 Å². The highest BCUT2D eigenvalue weighted by molar-refractivity contribution is 6.99. The molecule has 264 valence electrons. The monoisotopic (exact) mass is 696 g/mol. The van der Waals surface area contributed by atoms with Crippen LogP contribution in [-0.4, -0.2) is 41.7 Å². The Bertz CT molecular complexity index is 1480. The summed E-state index contributed by atoms with van der Waals surface area (Å²) >= 11 is 0. The minimum absolute atomic E-state index is 0.198. The van der Waals surface area contributed by atoms with Gasteiger partial charge >= 0.3 is 0 Å². The second kappa shape index (κ2) is 16.9. The Morgan fingerprint density at radius 2 is 1.37 bits per heavy atom. The lowest BCUT2D eigenvalue weighted by Crippen LogP contribution is -2.68. The fourth-order valence-corrected chi connectivity index (χ4v) is 12.3. The van der Waals surface area contributed by atoms with Gasteiger partial charge in [0.1, 0.15) is 6.29 Å². The summed E-state index contributed by atoms with van der Waals surface area (Å²) in [6, 6.07) is 31.7. The molecule has 0 aromatic heterocycles. The molecule has 3 aromatic rings. The minimum Gasteiger partial charge on any atom is -0.417 e. The first-order valence-corrected chi connectivity index (χ1v) is 22.9. The average Bonchev–Trinajstić information content (AvgIpc) is 3.07. The van der Waals surface area contributed by atoms with Crippen molar-refractivity contribution in [3.05, 3.63) is 120 Å². The molecule has 3 atom stereocenters. The molecule has 0 radical (unpaired) electrons. The van der Waals surface area contributed by atoms with Crippen molar-refractivity contribution in [2.75, 3.05) is 6.61 Å². The second-order valence-electron chi connectivity index (χ2n) is 16.4. The predicted octanol–water partition coefficient (Wildman–Crippen LogP) is 9.80. The van der Waals surface area contributed by atoms with Gasteiger partial charge in [-0.15, -0.1) is 0 Å². The van der Waals surface area contributed by atoms with Crippen LogP contribution in [-0.2, 0) is 25.0 Å². The lowest BCUT2D eigenvalue weighted by Gasteiger charge is -2.46. The molecule has 4 rings (SSSR count). The first-order chi connectivity index (χ1) is 23.2. The van der Waals surface area contributed by atoms with Crippen molar-refractivity contribution < 1.29 is 18.4 Å². The van der Waals surface area contributed by atoms with Gasteiger partial charge in [-0.25, -0.2) is 0 Å². The van der Waals surface area contributed by atoms with Gasteiger partial charge in [-0.3, -0.25) is 4.79 Å². The second-order valence-corrected chi connectivity index (χ2v) is 25.4. The Morgan fingerprint density at radius 3 is 1.88 bits per heavy atom. The minimum atomic E-state index is -2.90. The van der Waals surface area contributed by atoms with Crippen LogP contribution in [0.3, 0.4) is 0 Å². The Labute approximate surface area is 299 Å². The molecule has 0 heterocycles. The predicted molar refractivity (Wildman–Crippen MR) is 211 cm³/mol. The quantitative estimate of drug-likeness (QED) is 0.0902. The van der Waals surface area contributed by atoms with Crippen LogP contribution >= 0.6 is 0 Å². The van der Waals surface area contributed by atoms with Crippen molar-refractivity contribution in [2.24, 2.45) is 5.92 Å². The van der Waals surface area contributed by atoms with E-state index < -0.39 is 16.6 Å². The third kappa shape index (κ3) is 9.89. The van der Waals surface area contributed by atoms with E-state index in [0.717, 1.165) is 48.9 Å². The number of hydrogen-bond donors (Lipinski definition) is 0. The van der Waals surface area contributed by atoms with Crippen molar-refractivity contribution in [1.82, 2.24) is 0 Å². The maximum atomic E-state index is 12.7. The molecule has 0 saturated heterocycles. The molecule has 0 aliphatic heterocycles. The molecule has 1 aliphatic rings. The topological polar surface area (TPSA) is 44.8 Å². The maximum absolute atomic E-state index is 12.7.